The van der Waals surface area contributed by atoms with Crippen LogP contribution in [0.3, 0.4) is 0 Å². The number of fused-ring (bicyclic) bond motifs is 1. The molecule has 4 aromatic rings. The highest BCUT2D eigenvalue weighted by molar-refractivity contribution is 5.91. The standard InChI is InChI=1S/C24H28N8O2/c1-5-9-18(14-16(2)29-34-4)20-21(17-10-7-6-8-11-17)27-23(25)32-22(20)28-31(24(32)33)15-19-26-12-13-30(19)3/h6-14,29H,5,15H2,1-4H3,(H2,25,27)/p+1/b16-14-,18-9+. The summed E-state index contributed by atoms with van der Waals surface area (Å²) in [4.78, 5) is 27.5. The van der Waals surface area contributed by atoms with Crippen molar-refractivity contribution in [3.05, 3.63) is 82.4 Å². The Labute approximate surface area is 197 Å². The number of hydroxylamine groups is 1. The van der Waals surface area contributed by atoms with E-state index in [-0.39, 0.29) is 18.2 Å². The van der Waals surface area contributed by atoms with Crippen molar-refractivity contribution >= 4 is 17.2 Å². The molecule has 10 heteroatoms. The number of nitrogens with zero attached hydrogens (tertiary/aromatic N) is 6. The van der Waals surface area contributed by atoms with Gasteiger partial charge in [-0.1, -0.05) is 43.3 Å². The predicted octanol–water partition coefficient (Wildman–Crippen LogP) is 1.74. The highest BCUT2D eigenvalue weighted by atomic mass is 16.6. The molecule has 3 aromatic heterocycles. The SMILES string of the molecule is CC/C=C(\C=C(\C)[NH2+]OC)c1c(-c2ccccc2)nc(N)n2c(=O)n(Cc3nccn3C)nc12. The van der Waals surface area contributed by atoms with E-state index in [1.807, 2.05) is 61.1 Å². The fraction of sp³-hybridized carbons (Fsp3) is 0.250. The van der Waals surface area contributed by atoms with Crippen molar-refractivity contribution < 1.29 is 10.3 Å². The molecule has 0 unspecified atom stereocenters. The first-order valence-electron chi connectivity index (χ1n) is 11.0. The first kappa shape index (κ1) is 23.1. The van der Waals surface area contributed by atoms with Crippen LogP contribution in [0.2, 0.25) is 0 Å². The van der Waals surface area contributed by atoms with Crippen LogP contribution in [-0.2, 0) is 18.4 Å². The number of nitrogens with two attached hydrogens (primary N) is 2. The summed E-state index contributed by atoms with van der Waals surface area (Å²) in [5.41, 5.74) is 12.1. The molecular weight excluding hydrogens is 432 g/mol. The number of nitrogen functional groups attached to an aromatic ring is 1. The van der Waals surface area contributed by atoms with E-state index < -0.39 is 0 Å². The summed E-state index contributed by atoms with van der Waals surface area (Å²) in [5.74, 6) is 0.783. The smallest absolute Gasteiger partial charge is 0.353 e. The lowest BCUT2D eigenvalue weighted by atomic mass is 9.98. The van der Waals surface area contributed by atoms with Gasteiger partial charge in [-0.3, -0.25) is 0 Å². The predicted molar refractivity (Wildman–Crippen MR) is 130 cm³/mol. The molecule has 0 amide bonds. The van der Waals surface area contributed by atoms with Crippen molar-refractivity contribution in [2.45, 2.75) is 26.8 Å². The third kappa shape index (κ3) is 4.41. The number of hydrogen-bond acceptors (Lipinski definition) is 6. The third-order valence-corrected chi connectivity index (χ3v) is 5.41. The average molecular weight is 462 g/mol. The number of aryl methyl sites for hydroxylation is 1. The first-order chi connectivity index (χ1) is 16.4. The van der Waals surface area contributed by atoms with Gasteiger partial charge in [-0.2, -0.15) is 5.48 Å². The monoisotopic (exact) mass is 461 g/mol. The minimum Gasteiger partial charge on any atom is -0.369 e. The maximum Gasteiger partial charge on any atom is 0.353 e. The minimum absolute atomic E-state index is 0.0775. The van der Waals surface area contributed by atoms with E-state index in [1.165, 1.54) is 9.08 Å². The summed E-state index contributed by atoms with van der Waals surface area (Å²) in [6.45, 7) is 4.21. The molecule has 176 valence electrons. The van der Waals surface area contributed by atoms with Crippen molar-refractivity contribution in [3.8, 4) is 11.3 Å². The summed E-state index contributed by atoms with van der Waals surface area (Å²) < 4.78 is 4.58. The van der Waals surface area contributed by atoms with E-state index in [4.69, 9.17) is 15.7 Å². The fourth-order valence-corrected chi connectivity index (χ4v) is 3.88. The van der Waals surface area contributed by atoms with Gasteiger partial charge in [0.2, 0.25) is 5.95 Å². The lowest BCUT2D eigenvalue weighted by Crippen LogP contribution is -2.79. The second-order valence-corrected chi connectivity index (χ2v) is 7.92. The summed E-state index contributed by atoms with van der Waals surface area (Å²) in [6.07, 6.45) is 8.36. The number of hydrogen-bond donors (Lipinski definition) is 2. The quantitative estimate of drug-likeness (QED) is 0.304. The summed E-state index contributed by atoms with van der Waals surface area (Å²) >= 11 is 0. The number of aromatic nitrogens is 6. The van der Waals surface area contributed by atoms with E-state index in [2.05, 4.69) is 23.0 Å². The molecule has 0 spiro atoms. The number of imidazole rings is 1. The van der Waals surface area contributed by atoms with Gasteiger partial charge in [0.1, 0.15) is 18.1 Å². The number of anilines is 1. The van der Waals surface area contributed by atoms with E-state index in [0.29, 0.717) is 17.2 Å². The summed E-state index contributed by atoms with van der Waals surface area (Å²) in [6, 6.07) is 9.75. The molecule has 0 aliphatic heterocycles. The Morgan fingerprint density at radius 3 is 2.68 bits per heavy atom. The van der Waals surface area contributed by atoms with Gasteiger partial charge in [-0.05, 0) is 12.0 Å². The summed E-state index contributed by atoms with van der Waals surface area (Å²) in [5, 5.41) is 4.71. The van der Waals surface area contributed by atoms with Crippen molar-refractivity contribution in [1.82, 2.24) is 28.7 Å². The van der Waals surface area contributed by atoms with Crippen LogP contribution in [0.15, 0.2) is 65.4 Å². The molecule has 0 aliphatic rings. The van der Waals surface area contributed by atoms with Gasteiger partial charge in [0.05, 0.1) is 18.4 Å². The Morgan fingerprint density at radius 1 is 1.26 bits per heavy atom. The number of quaternary nitrogens is 1. The van der Waals surface area contributed by atoms with Crippen molar-refractivity contribution in [2.24, 2.45) is 7.05 Å². The van der Waals surface area contributed by atoms with Crippen LogP contribution in [0.4, 0.5) is 5.95 Å². The second-order valence-electron chi connectivity index (χ2n) is 7.92. The van der Waals surface area contributed by atoms with Gasteiger partial charge in [-0.25, -0.2) is 28.7 Å². The van der Waals surface area contributed by atoms with Crippen molar-refractivity contribution in [1.29, 1.82) is 0 Å². The number of rotatable bonds is 8. The second kappa shape index (κ2) is 9.86. The molecule has 1 aromatic carbocycles. The molecule has 0 saturated carbocycles. The van der Waals surface area contributed by atoms with Gasteiger partial charge in [0, 0.05) is 38.0 Å². The Hall–Kier alpha value is -4.02. The molecular formula is C24H29N8O2+. The molecule has 0 fully saturated rings. The normalized spacial score (nSPS) is 12.6. The summed E-state index contributed by atoms with van der Waals surface area (Å²) in [7, 11) is 3.48. The number of benzene rings is 1. The third-order valence-electron chi connectivity index (χ3n) is 5.41. The van der Waals surface area contributed by atoms with Crippen LogP contribution in [0.25, 0.3) is 22.5 Å². The van der Waals surface area contributed by atoms with Crippen LogP contribution in [0.5, 0.6) is 0 Å². The van der Waals surface area contributed by atoms with Gasteiger partial charge in [0.15, 0.2) is 5.65 Å². The fourth-order valence-electron chi connectivity index (χ4n) is 3.88. The Bertz CT molecular complexity index is 1430. The molecule has 34 heavy (non-hydrogen) atoms. The molecule has 0 bridgehead atoms. The van der Waals surface area contributed by atoms with Crippen LogP contribution in [0.1, 0.15) is 31.7 Å². The molecule has 3 heterocycles. The van der Waals surface area contributed by atoms with Crippen LogP contribution >= 0.6 is 0 Å². The van der Waals surface area contributed by atoms with Gasteiger partial charge >= 0.3 is 5.69 Å². The zero-order valence-electron chi connectivity index (χ0n) is 19.8. The van der Waals surface area contributed by atoms with Crippen molar-refractivity contribution in [3.63, 3.8) is 0 Å². The molecule has 0 saturated heterocycles. The molecule has 4 rings (SSSR count). The minimum atomic E-state index is -0.371. The Balaban J connectivity index is 2.03. The molecule has 0 radical (unpaired) electrons. The topological polar surface area (TPSA) is 122 Å². The lowest BCUT2D eigenvalue weighted by molar-refractivity contribution is -0.854. The average Bonchev–Trinajstić information content (AvgIpc) is 3.37. The van der Waals surface area contributed by atoms with E-state index >= 15 is 0 Å². The van der Waals surface area contributed by atoms with Gasteiger partial charge < -0.3 is 10.3 Å². The van der Waals surface area contributed by atoms with Crippen molar-refractivity contribution in [2.75, 3.05) is 12.8 Å². The number of allylic oxidation sites excluding steroid dienone is 4. The molecule has 0 aliphatic carbocycles. The lowest BCUT2D eigenvalue weighted by Gasteiger charge is -2.13. The van der Waals surface area contributed by atoms with Crippen LogP contribution in [-0.4, -0.2) is 35.8 Å². The van der Waals surface area contributed by atoms with E-state index in [1.54, 1.807) is 18.8 Å². The van der Waals surface area contributed by atoms with Gasteiger partial charge in [0.25, 0.3) is 0 Å². The van der Waals surface area contributed by atoms with Crippen LogP contribution in [0, 0.1) is 0 Å². The molecule has 4 N–H and O–H groups in total. The molecule has 10 nitrogen and oxygen atoms in total. The maximum absolute atomic E-state index is 13.3. The first-order valence-corrected chi connectivity index (χ1v) is 11.0. The van der Waals surface area contributed by atoms with E-state index in [0.717, 1.165) is 28.8 Å². The highest BCUT2D eigenvalue weighted by Crippen LogP contribution is 2.32. The zero-order valence-corrected chi connectivity index (χ0v) is 19.8. The van der Waals surface area contributed by atoms with Crippen LogP contribution < -0.4 is 16.9 Å². The largest absolute Gasteiger partial charge is 0.369 e. The Morgan fingerprint density at radius 2 is 2.03 bits per heavy atom. The van der Waals surface area contributed by atoms with Gasteiger partial charge in [-0.15, -0.1) is 5.10 Å². The highest BCUT2D eigenvalue weighted by Gasteiger charge is 2.23. The zero-order chi connectivity index (χ0) is 24.2. The maximum atomic E-state index is 13.3. The van der Waals surface area contributed by atoms with E-state index in [9.17, 15) is 4.79 Å². The Kier molecular flexibility index (Phi) is 6.71. The molecule has 0 atom stereocenters.